The molecule has 0 saturated heterocycles. The first kappa shape index (κ1) is 25.6. The monoisotopic (exact) mass is 533 g/mol. The number of carbonyl (C=O) groups excluding carboxylic acids is 1. The van der Waals surface area contributed by atoms with Gasteiger partial charge in [0.25, 0.3) is 9.05 Å². The van der Waals surface area contributed by atoms with E-state index in [-0.39, 0.29) is 33.5 Å². The maximum atomic E-state index is 11.7. The zero-order valence-corrected chi connectivity index (χ0v) is 21.0. The first-order valence-electron chi connectivity index (χ1n) is 10.9. The van der Waals surface area contributed by atoms with E-state index in [9.17, 15) is 23.6 Å². The summed E-state index contributed by atoms with van der Waals surface area (Å²) in [6, 6.07) is 22.0. The van der Waals surface area contributed by atoms with E-state index in [0.29, 0.717) is 28.7 Å². The van der Waals surface area contributed by atoms with Gasteiger partial charge in [-0.3, -0.25) is 4.79 Å². The predicted octanol–water partition coefficient (Wildman–Crippen LogP) is 6.33. The average molecular weight is 534 g/mol. The molecule has 4 rings (SSSR count). The number of hydrogen-bond acceptors (Lipinski definition) is 8. The summed E-state index contributed by atoms with van der Waals surface area (Å²) in [4.78, 5) is 11.5. The molecule has 0 spiro atoms. The maximum absolute atomic E-state index is 11.7. The van der Waals surface area contributed by atoms with Crippen molar-refractivity contribution in [2.75, 3.05) is 10.6 Å². The molecule has 0 atom stereocenters. The van der Waals surface area contributed by atoms with Gasteiger partial charge >= 0.3 is 0 Å². The van der Waals surface area contributed by atoms with Crippen LogP contribution in [0.2, 0.25) is 0 Å². The Morgan fingerprint density at radius 3 is 2.41 bits per heavy atom. The second kappa shape index (κ2) is 10.7. The molecule has 37 heavy (non-hydrogen) atoms. The van der Waals surface area contributed by atoms with E-state index in [1.807, 2.05) is 42.5 Å². The van der Waals surface area contributed by atoms with Crippen LogP contribution in [0.5, 0.6) is 5.75 Å². The van der Waals surface area contributed by atoms with Crippen molar-refractivity contribution in [1.82, 2.24) is 0 Å². The number of aromatic hydroxyl groups is 1. The number of amides is 1. The summed E-state index contributed by atoms with van der Waals surface area (Å²) in [6.45, 7) is 1.81. The Morgan fingerprint density at radius 2 is 1.73 bits per heavy atom. The van der Waals surface area contributed by atoms with Gasteiger partial charge in [-0.25, -0.2) is 8.42 Å². The number of phenols is 1. The quantitative estimate of drug-likeness (QED) is 0.144. The van der Waals surface area contributed by atoms with E-state index in [4.69, 9.17) is 10.7 Å². The number of carbonyl (C=O) groups is 1. The molecule has 3 N–H and O–H groups in total. The summed E-state index contributed by atoms with van der Waals surface area (Å²) in [6.07, 6.45) is 0. The zero-order valence-electron chi connectivity index (χ0n) is 19.4. The normalized spacial score (nSPS) is 11.4. The highest BCUT2D eigenvalue weighted by atomic mass is 35.7. The minimum atomic E-state index is -4.03. The summed E-state index contributed by atoms with van der Waals surface area (Å²) < 4.78 is 23.3. The van der Waals surface area contributed by atoms with Crippen LogP contribution in [-0.4, -0.2) is 19.4 Å². The Balaban J connectivity index is 1.84. The summed E-state index contributed by atoms with van der Waals surface area (Å²) in [5.74, 6) is -0.526. The highest BCUT2D eigenvalue weighted by Gasteiger charge is 2.17. The lowest BCUT2D eigenvalue weighted by molar-refractivity contribution is -0.114. The Labute approximate surface area is 217 Å². The van der Waals surface area contributed by atoms with Crippen molar-refractivity contribution in [2.45, 2.75) is 18.4 Å². The third-order valence-corrected chi connectivity index (χ3v) is 6.74. The third kappa shape index (κ3) is 5.86. The summed E-state index contributed by atoms with van der Waals surface area (Å²) in [5, 5.41) is 35.7. The van der Waals surface area contributed by atoms with Gasteiger partial charge in [-0.15, -0.1) is 10.2 Å². The zero-order chi connectivity index (χ0) is 26.6. The average Bonchev–Trinajstić information content (AvgIpc) is 2.88. The van der Waals surface area contributed by atoms with Gasteiger partial charge in [-0.2, -0.15) is 5.26 Å². The van der Waals surface area contributed by atoms with Gasteiger partial charge in [0.2, 0.25) is 5.91 Å². The number of anilines is 2. The molecule has 4 aromatic rings. The topological polar surface area (TPSA) is 144 Å². The highest BCUT2D eigenvalue weighted by molar-refractivity contribution is 8.13. The molecule has 0 fully saturated rings. The van der Waals surface area contributed by atoms with E-state index in [2.05, 4.69) is 20.9 Å². The number of hydrogen-bond donors (Lipinski definition) is 3. The lowest BCUT2D eigenvalue weighted by Gasteiger charge is -2.15. The van der Waals surface area contributed by atoms with Crippen molar-refractivity contribution < 1.29 is 18.3 Å². The molecule has 0 aromatic heterocycles. The van der Waals surface area contributed by atoms with Gasteiger partial charge in [0.05, 0.1) is 21.8 Å². The standard InChI is InChI=1S/C26H20ClN5O4S/c1-16(33)30-24-13-23(32-31-21-11-10-19(37(27,35)36)12-18(21)14-28)25-20(26(24)34)8-5-9-22(25)29-15-17-6-3-2-4-7-17/h2-13,29,34H,15H2,1H3,(H,30,33). The Hall–Kier alpha value is -4.46. The largest absolute Gasteiger partial charge is 0.505 e. The number of halogens is 1. The lowest BCUT2D eigenvalue weighted by atomic mass is 10.0. The maximum Gasteiger partial charge on any atom is 0.261 e. The molecular weight excluding hydrogens is 514 g/mol. The van der Waals surface area contributed by atoms with E-state index in [1.54, 1.807) is 12.1 Å². The number of fused-ring (bicyclic) bond motifs is 1. The molecule has 9 nitrogen and oxygen atoms in total. The van der Waals surface area contributed by atoms with Crippen LogP contribution in [0.1, 0.15) is 18.1 Å². The van der Waals surface area contributed by atoms with Gasteiger partial charge in [-0.1, -0.05) is 42.5 Å². The summed E-state index contributed by atoms with van der Waals surface area (Å²) in [5.41, 5.74) is 2.20. The van der Waals surface area contributed by atoms with Crippen LogP contribution in [0.4, 0.5) is 22.7 Å². The predicted molar refractivity (Wildman–Crippen MR) is 142 cm³/mol. The van der Waals surface area contributed by atoms with Gasteiger partial charge in [0.1, 0.15) is 17.5 Å². The van der Waals surface area contributed by atoms with E-state index < -0.39 is 9.05 Å². The number of nitriles is 1. The third-order valence-electron chi connectivity index (χ3n) is 5.38. The van der Waals surface area contributed by atoms with Crippen molar-refractivity contribution in [3.63, 3.8) is 0 Å². The Bertz CT molecular complexity index is 1680. The molecule has 0 aliphatic rings. The molecule has 1 amide bonds. The van der Waals surface area contributed by atoms with Crippen LogP contribution in [-0.2, 0) is 20.4 Å². The van der Waals surface area contributed by atoms with E-state index in [1.165, 1.54) is 25.1 Å². The van der Waals surface area contributed by atoms with E-state index >= 15 is 0 Å². The van der Waals surface area contributed by atoms with Crippen LogP contribution in [0.25, 0.3) is 10.8 Å². The first-order valence-corrected chi connectivity index (χ1v) is 13.2. The molecule has 0 radical (unpaired) electrons. The minimum Gasteiger partial charge on any atom is -0.505 e. The molecule has 186 valence electrons. The van der Waals surface area contributed by atoms with Crippen LogP contribution >= 0.6 is 10.7 Å². The number of rotatable bonds is 7. The summed E-state index contributed by atoms with van der Waals surface area (Å²) >= 11 is 0. The highest BCUT2D eigenvalue weighted by Crippen LogP contribution is 2.43. The fourth-order valence-corrected chi connectivity index (χ4v) is 4.48. The molecule has 4 aromatic carbocycles. The number of azo groups is 1. The van der Waals surface area contributed by atoms with Crippen LogP contribution < -0.4 is 10.6 Å². The molecular formula is C26H20ClN5O4S. The smallest absolute Gasteiger partial charge is 0.261 e. The van der Waals surface area contributed by atoms with Crippen molar-refractivity contribution in [3.05, 3.63) is 83.9 Å². The molecule has 0 saturated carbocycles. The Morgan fingerprint density at radius 1 is 1.00 bits per heavy atom. The molecule has 0 aliphatic carbocycles. The molecule has 0 heterocycles. The van der Waals surface area contributed by atoms with Crippen LogP contribution in [0.15, 0.2) is 87.9 Å². The van der Waals surface area contributed by atoms with Gasteiger partial charge < -0.3 is 15.7 Å². The number of phenolic OH excluding ortho intramolecular Hbond substituents is 1. The molecule has 0 bridgehead atoms. The number of nitrogens with one attached hydrogen (secondary N) is 2. The molecule has 11 heteroatoms. The Kier molecular flexibility index (Phi) is 7.38. The molecule has 0 aliphatic heterocycles. The van der Waals surface area contributed by atoms with Crippen molar-refractivity contribution in [3.8, 4) is 11.8 Å². The molecule has 0 unspecified atom stereocenters. The number of benzene rings is 4. The second-order valence-corrected chi connectivity index (χ2v) is 10.5. The fraction of sp³-hybridized carbons (Fsp3) is 0.0769. The van der Waals surface area contributed by atoms with Crippen molar-refractivity contribution >= 4 is 59.2 Å². The second-order valence-electron chi connectivity index (χ2n) is 7.97. The SMILES string of the molecule is CC(=O)Nc1cc(N=Nc2ccc(S(=O)(=O)Cl)cc2C#N)c2c(NCc3ccccc3)cccc2c1O. The lowest BCUT2D eigenvalue weighted by Crippen LogP contribution is -2.06. The fourth-order valence-electron chi connectivity index (χ4n) is 3.70. The van der Waals surface area contributed by atoms with Crippen molar-refractivity contribution in [1.29, 1.82) is 5.26 Å². The van der Waals surface area contributed by atoms with Gasteiger partial charge in [0.15, 0.2) is 0 Å². The van der Waals surface area contributed by atoms with Crippen LogP contribution in [0, 0.1) is 11.3 Å². The van der Waals surface area contributed by atoms with Crippen molar-refractivity contribution in [2.24, 2.45) is 10.2 Å². The van der Waals surface area contributed by atoms with E-state index in [0.717, 1.165) is 11.6 Å². The van der Waals surface area contributed by atoms with Crippen LogP contribution in [0.3, 0.4) is 0 Å². The first-order chi connectivity index (χ1) is 17.7. The minimum absolute atomic E-state index is 0.0435. The van der Waals surface area contributed by atoms with Gasteiger partial charge in [-0.05, 0) is 35.9 Å². The summed E-state index contributed by atoms with van der Waals surface area (Å²) in [7, 11) is 1.35. The number of nitrogens with zero attached hydrogens (tertiary/aromatic N) is 3. The van der Waals surface area contributed by atoms with Gasteiger partial charge in [0, 0.05) is 40.6 Å².